The van der Waals surface area contributed by atoms with E-state index in [1.807, 2.05) is 39.8 Å². The number of aryl methyl sites for hydroxylation is 1. The molecule has 0 aliphatic carbocycles. The summed E-state index contributed by atoms with van der Waals surface area (Å²) in [6.07, 6.45) is 0.434. The molecule has 0 aliphatic heterocycles. The number of hydrogen-bond donors (Lipinski definition) is 1. The minimum absolute atomic E-state index is 0.0515. The Hall–Kier alpha value is -1.76. The summed E-state index contributed by atoms with van der Waals surface area (Å²) in [5, 5.41) is 3.76. The number of rotatable bonds is 9. The molecule has 2 aromatic rings. The summed E-state index contributed by atoms with van der Waals surface area (Å²) in [6.45, 7) is 7.44. The molecule has 0 heterocycles. The molecule has 0 bridgehead atoms. The van der Waals surface area contributed by atoms with Crippen LogP contribution < -0.4 is 10.1 Å². The summed E-state index contributed by atoms with van der Waals surface area (Å²) >= 11 is 16.1. The van der Waals surface area contributed by atoms with Crippen LogP contribution in [0.5, 0.6) is 5.75 Å². The number of benzene rings is 2. The lowest BCUT2D eigenvalue weighted by Crippen LogP contribution is -2.51. The SMILES string of the molecule is CC[C@@H](C(=O)NC(C)C)N(Cc1c(Cl)cccc1Cl)C(=O)COc1ccc(Br)c(C)c1. The van der Waals surface area contributed by atoms with Crippen LogP contribution in [0.3, 0.4) is 0 Å². The summed E-state index contributed by atoms with van der Waals surface area (Å²) in [5.41, 5.74) is 1.59. The summed E-state index contributed by atoms with van der Waals surface area (Å²) in [5.74, 6) is 0.0142. The van der Waals surface area contributed by atoms with Crippen molar-refractivity contribution in [1.29, 1.82) is 0 Å². The van der Waals surface area contributed by atoms with Crippen LogP contribution in [0.25, 0.3) is 0 Å². The molecule has 0 fully saturated rings. The van der Waals surface area contributed by atoms with E-state index in [2.05, 4.69) is 21.2 Å². The zero-order chi connectivity index (χ0) is 23.1. The third-order valence-corrected chi connectivity index (χ3v) is 6.30. The van der Waals surface area contributed by atoms with Crippen LogP contribution in [0, 0.1) is 6.92 Å². The summed E-state index contributed by atoms with van der Waals surface area (Å²) < 4.78 is 6.68. The molecule has 2 rings (SSSR count). The number of carbonyl (C=O) groups excluding carboxylic acids is 2. The van der Waals surface area contributed by atoms with Crippen LogP contribution >= 0.6 is 39.1 Å². The van der Waals surface area contributed by atoms with Gasteiger partial charge in [-0.2, -0.15) is 0 Å². The van der Waals surface area contributed by atoms with Crippen molar-refractivity contribution >= 4 is 50.9 Å². The summed E-state index contributed by atoms with van der Waals surface area (Å²) in [4.78, 5) is 27.5. The quantitative estimate of drug-likeness (QED) is 0.448. The first-order valence-corrected chi connectivity index (χ1v) is 11.6. The van der Waals surface area contributed by atoms with E-state index >= 15 is 0 Å². The fourth-order valence-corrected chi connectivity index (χ4v) is 3.85. The van der Waals surface area contributed by atoms with Gasteiger partial charge in [0, 0.05) is 32.7 Å². The van der Waals surface area contributed by atoms with Crippen molar-refractivity contribution < 1.29 is 14.3 Å². The lowest BCUT2D eigenvalue weighted by Gasteiger charge is -2.31. The van der Waals surface area contributed by atoms with Crippen LogP contribution in [-0.2, 0) is 16.1 Å². The average Bonchev–Trinajstić information content (AvgIpc) is 2.70. The van der Waals surface area contributed by atoms with Gasteiger partial charge < -0.3 is 15.0 Å². The number of amides is 2. The van der Waals surface area contributed by atoms with E-state index in [1.54, 1.807) is 24.3 Å². The molecule has 1 N–H and O–H groups in total. The van der Waals surface area contributed by atoms with Crippen molar-refractivity contribution in [3.8, 4) is 5.75 Å². The Labute approximate surface area is 202 Å². The minimum Gasteiger partial charge on any atom is -0.484 e. The Morgan fingerprint density at radius 2 is 1.81 bits per heavy atom. The maximum atomic E-state index is 13.2. The number of nitrogens with zero attached hydrogens (tertiary/aromatic N) is 1. The summed E-state index contributed by atoms with van der Waals surface area (Å²) in [7, 11) is 0. The van der Waals surface area contributed by atoms with Gasteiger partial charge in [0.15, 0.2) is 6.61 Å². The molecule has 0 spiro atoms. The predicted octanol–water partition coefficient (Wildman–Crippen LogP) is 5.78. The number of ether oxygens (including phenoxy) is 1. The molecule has 0 saturated heterocycles. The molecule has 2 amide bonds. The lowest BCUT2D eigenvalue weighted by atomic mass is 10.1. The Balaban J connectivity index is 2.29. The van der Waals surface area contributed by atoms with Gasteiger partial charge in [-0.25, -0.2) is 0 Å². The molecular formula is C23H27BrCl2N2O3. The largest absolute Gasteiger partial charge is 0.484 e. The molecule has 0 aromatic heterocycles. The molecule has 0 aliphatic rings. The zero-order valence-corrected chi connectivity index (χ0v) is 21.1. The van der Waals surface area contributed by atoms with Crippen LogP contribution in [0.1, 0.15) is 38.3 Å². The molecule has 168 valence electrons. The summed E-state index contributed by atoms with van der Waals surface area (Å²) in [6, 6.07) is 9.91. The Kier molecular flexibility index (Phi) is 9.66. The molecular weight excluding hydrogens is 503 g/mol. The lowest BCUT2D eigenvalue weighted by molar-refractivity contribution is -0.143. The van der Waals surface area contributed by atoms with E-state index in [0.29, 0.717) is 27.8 Å². The van der Waals surface area contributed by atoms with Gasteiger partial charge in [-0.15, -0.1) is 0 Å². The van der Waals surface area contributed by atoms with E-state index < -0.39 is 6.04 Å². The number of hydrogen-bond acceptors (Lipinski definition) is 3. The number of halogens is 3. The number of carbonyl (C=O) groups is 2. The monoisotopic (exact) mass is 528 g/mol. The second kappa shape index (κ2) is 11.7. The van der Waals surface area contributed by atoms with Gasteiger partial charge in [0.2, 0.25) is 5.91 Å². The van der Waals surface area contributed by atoms with Crippen molar-refractivity contribution in [1.82, 2.24) is 10.2 Å². The van der Waals surface area contributed by atoms with E-state index in [4.69, 9.17) is 27.9 Å². The Morgan fingerprint density at radius 1 is 1.16 bits per heavy atom. The van der Waals surface area contributed by atoms with E-state index in [1.165, 1.54) is 4.90 Å². The van der Waals surface area contributed by atoms with Crippen molar-refractivity contribution in [3.05, 3.63) is 62.0 Å². The normalized spacial score (nSPS) is 11.9. The van der Waals surface area contributed by atoms with E-state index in [-0.39, 0.29) is 31.0 Å². The van der Waals surface area contributed by atoms with Gasteiger partial charge in [-0.3, -0.25) is 9.59 Å². The molecule has 5 nitrogen and oxygen atoms in total. The standard InChI is InChI=1S/C23H27BrCl2N2O3/c1-5-21(23(30)27-14(2)3)28(12-17-19(25)7-6-8-20(17)26)22(29)13-31-16-9-10-18(24)15(4)11-16/h6-11,14,21H,5,12-13H2,1-4H3,(H,27,30)/t21-/m0/s1. The minimum atomic E-state index is -0.683. The van der Waals surface area contributed by atoms with Crippen LogP contribution in [0.2, 0.25) is 10.0 Å². The molecule has 0 radical (unpaired) electrons. The van der Waals surface area contributed by atoms with Gasteiger partial charge >= 0.3 is 0 Å². The highest BCUT2D eigenvalue weighted by Gasteiger charge is 2.30. The first kappa shape index (κ1) is 25.5. The molecule has 0 unspecified atom stereocenters. The fourth-order valence-electron chi connectivity index (χ4n) is 3.09. The second-order valence-corrected chi connectivity index (χ2v) is 9.18. The predicted molar refractivity (Wildman–Crippen MR) is 129 cm³/mol. The van der Waals surface area contributed by atoms with Gasteiger partial charge in [-0.1, -0.05) is 52.1 Å². The highest BCUT2D eigenvalue weighted by molar-refractivity contribution is 9.10. The molecule has 1 atom stereocenters. The highest BCUT2D eigenvalue weighted by atomic mass is 79.9. The maximum absolute atomic E-state index is 13.2. The second-order valence-electron chi connectivity index (χ2n) is 7.51. The maximum Gasteiger partial charge on any atom is 0.261 e. The zero-order valence-electron chi connectivity index (χ0n) is 18.0. The molecule has 0 saturated carbocycles. The third-order valence-electron chi connectivity index (χ3n) is 4.70. The Morgan fingerprint density at radius 3 is 2.35 bits per heavy atom. The van der Waals surface area contributed by atoms with Crippen molar-refractivity contribution in [2.24, 2.45) is 0 Å². The van der Waals surface area contributed by atoms with Crippen molar-refractivity contribution in [3.63, 3.8) is 0 Å². The van der Waals surface area contributed by atoms with Crippen LogP contribution in [-0.4, -0.2) is 35.4 Å². The first-order chi connectivity index (χ1) is 14.6. The molecule has 2 aromatic carbocycles. The van der Waals surface area contributed by atoms with Gasteiger partial charge in [0.1, 0.15) is 11.8 Å². The number of nitrogens with one attached hydrogen (secondary N) is 1. The van der Waals surface area contributed by atoms with Crippen LogP contribution in [0.15, 0.2) is 40.9 Å². The Bertz CT molecular complexity index is 917. The van der Waals surface area contributed by atoms with E-state index in [9.17, 15) is 9.59 Å². The fraction of sp³-hybridized carbons (Fsp3) is 0.391. The molecule has 8 heteroatoms. The van der Waals surface area contributed by atoms with Crippen LogP contribution in [0.4, 0.5) is 0 Å². The first-order valence-electron chi connectivity index (χ1n) is 10.1. The topological polar surface area (TPSA) is 58.6 Å². The third kappa shape index (κ3) is 7.13. The van der Waals surface area contributed by atoms with Gasteiger partial charge in [0.25, 0.3) is 5.91 Å². The average molecular weight is 530 g/mol. The molecule has 31 heavy (non-hydrogen) atoms. The van der Waals surface area contributed by atoms with Gasteiger partial charge in [0.05, 0.1) is 0 Å². The van der Waals surface area contributed by atoms with E-state index in [0.717, 1.165) is 10.0 Å². The van der Waals surface area contributed by atoms with Crippen molar-refractivity contribution in [2.45, 2.75) is 52.7 Å². The smallest absolute Gasteiger partial charge is 0.261 e. The highest BCUT2D eigenvalue weighted by Crippen LogP contribution is 2.27. The van der Waals surface area contributed by atoms with Crippen molar-refractivity contribution in [2.75, 3.05) is 6.61 Å². The van der Waals surface area contributed by atoms with Gasteiger partial charge in [-0.05, 0) is 63.1 Å².